The Kier molecular flexibility index (Phi) is 4.55. The number of hydrogen-bond donors (Lipinski definition) is 0. The molecule has 34 heavy (non-hydrogen) atoms. The van der Waals surface area contributed by atoms with Crippen molar-refractivity contribution < 1.29 is 17.6 Å². The van der Waals surface area contributed by atoms with Gasteiger partial charge in [0.25, 0.3) is 0 Å². The fraction of sp³-hybridized carbons (Fsp3) is 0.308. The number of rotatable bonds is 3. The molecule has 0 amide bonds. The topological polar surface area (TPSA) is 49.6 Å². The minimum absolute atomic E-state index is 0.0372. The summed E-state index contributed by atoms with van der Waals surface area (Å²) in [6.45, 7) is 3.40. The van der Waals surface area contributed by atoms with Crippen LogP contribution < -0.4 is 10.3 Å². The number of nitrogens with zero attached hydrogens (tertiary/aromatic N) is 3. The lowest BCUT2D eigenvalue weighted by molar-refractivity contribution is -0.172. The Balaban J connectivity index is 1.25. The van der Waals surface area contributed by atoms with Gasteiger partial charge >= 0.3 is 6.18 Å². The molecule has 3 heterocycles. The van der Waals surface area contributed by atoms with E-state index in [0.29, 0.717) is 41.3 Å². The van der Waals surface area contributed by atoms with Crippen molar-refractivity contribution in [3.8, 4) is 22.6 Å². The van der Waals surface area contributed by atoms with Crippen LogP contribution in [-0.4, -0.2) is 48.8 Å². The lowest BCUT2D eigenvalue weighted by Gasteiger charge is -2.61. The molecule has 2 saturated heterocycles. The van der Waals surface area contributed by atoms with Crippen LogP contribution in [0.1, 0.15) is 5.56 Å². The van der Waals surface area contributed by atoms with Gasteiger partial charge in [0.2, 0.25) is 0 Å². The van der Waals surface area contributed by atoms with E-state index in [9.17, 15) is 18.0 Å². The van der Waals surface area contributed by atoms with Gasteiger partial charge in [0.1, 0.15) is 11.2 Å². The number of alkyl halides is 3. The molecule has 5 nitrogen and oxygen atoms in total. The molecule has 8 heteroatoms. The first kappa shape index (κ1) is 21.2. The van der Waals surface area contributed by atoms with Crippen molar-refractivity contribution in [1.29, 1.82) is 0 Å². The highest BCUT2D eigenvalue weighted by atomic mass is 19.4. The third-order valence-corrected chi connectivity index (χ3v) is 6.81. The fourth-order valence-corrected chi connectivity index (χ4v) is 5.34. The molecule has 6 rings (SSSR count). The van der Waals surface area contributed by atoms with Crippen LogP contribution in [-0.2, 0) is 0 Å². The Morgan fingerprint density at radius 2 is 1.74 bits per heavy atom. The predicted molar refractivity (Wildman–Crippen MR) is 124 cm³/mol. The maximum absolute atomic E-state index is 13.1. The summed E-state index contributed by atoms with van der Waals surface area (Å²) < 4.78 is 43.8. The minimum atomic E-state index is -4.14. The Morgan fingerprint density at radius 1 is 1.03 bits per heavy atom. The van der Waals surface area contributed by atoms with E-state index in [1.165, 1.54) is 4.90 Å². The second kappa shape index (κ2) is 7.30. The second-order valence-corrected chi connectivity index (χ2v) is 9.59. The zero-order chi connectivity index (χ0) is 23.7. The van der Waals surface area contributed by atoms with Crippen LogP contribution in [0.2, 0.25) is 0 Å². The highest BCUT2D eigenvalue weighted by Crippen LogP contribution is 2.43. The molecule has 0 radical (unpaired) electrons. The first-order valence-electron chi connectivity index (χ1n) is 11.2. The van der Waals surface area contributed by atoms with E-state index in [2.05, 4.69) is 9.88 Å². The van der Waals surface area contributed by atoms with E-state index in [1.807, 2.05) is 48.5 Å². The number of aromatic nitrogens is 1. The van der Waals surface area contributed by atoms with Crippen molar-refractivity contribution in [3.63, 3.8) is 0 Å². The SMILES string of the molecule is Cc1cc2nc3ccccc3oc-2c(-c2ccc(N3CC4(CN(CC(F)(F)F)C4)C3)cc2)c1=O. The van der Waals surface area contributed by atoms with Gasteiger partial charge in [-0.05, 0) is 48.4 Å². The summed E-state index contributed by atoms with van der Waals surface area (Å²) in [5.41, 5.74) is 4.67. The zero-order valence-corrected chi connectivity index (χ0v) is 18.5. The average molecular weight is 465 g/mol. The van der Waals surface area contributed by atoms with Gasteiger partial charge < -0.3 is 9.32 Å². The van der Waals surface area contributed by atoms with Gasteiger partial charge in [-0.1, -0.05) is 24.3 Å². The summed E-state index contributed by atoms with van der Waals surface area (Å²) in [5.74, 6) is 0.462. The van der Waals surface area contributed by atoms with Crippen LogP contribution in [0.15, 0.2) is 63.8 Å². The van der Waals surface area contributed by atoms with E-state index in [-0.39, 0.29) is 10.8 Å². The van der Waals surface area contributed by atoms with Gasteiger partial charge in [0.15, 0.2) is 16.8 Å². The largest absolute Gasteiger partial charge is 0.452 e. The Bertz CT molecular complexity index is 1410. The van der Waals surface area contributed by atoms with Gasteiger partial charge in [-0.3, -0.25) is 9.69 Å². The van der Waals surface area contributed by atoms with E-state index in [4.69, 9.17) is 4.42 Å². The second-order valence-electron chi connectivity index (χ2n) is 9.59. The summed E-state index contributed by atoms with van der Waals surface area (Å²) in [6, 6.07) is 16.9. The van der Waals surface area contributed by atoms with Crippen LogP contribution in [0.3, 0.4) is 0 Å². The van der Waals surface area contributed by atoms with Crippen molar-refractivity contribution in [3.05, 3.63) is 70.4 Å². The molecule has 0 saturated carbocycles. The molecule has 2 aromatic rings. The summed E-state index contributed by atoms with van der Waals surface area (Å²) >= 11 is 0. The first-order valence-corrected chi connectivity index (χ1v) is 11.2. The number of aryl methyl sites for hydroxylation is 1. The number of benzene rings is 3. The lowest BCUT2D eigenvalue weighted by Crippen LogP contribution is -2.73. The highest BCUT2D eigenvalue weighted by molar-refractivity contribution is 5.85. The normalized spacial score (nSPS) is 17.8. The molecule has 2 fully saturated rings. The van der Waals surface area contributed by atoms with Crippen LogP contribution >= 0.6 is 0 Å². The molecule has 0 aromatic heterocycles. The molecule has 1 spiro atoms. The molecule has 2 aromatic carbocycles. The van der Waals surface area contributed by atoms with E-state index < -0.39 is 12.7 Å². The van der Waals surface area contributed by atoms with Gasteiger partial charge in [0.05, 0.1) is 12.1 Å². The van der Waals surface area contributed by atoms with E-state index >= 15 is 0 Å². The van der Waals surface area contributed by atoms with Gasteiger partial charge in [0, 0.05) is 37.3 Å². The van der Waals surface area contributed by atoms with Crippen LogP contribution in [0.5, 0.6) is 0 Å². The number of para-hydroxylation sites is 2. The minimum Gasteiger partial charge on any atom is -0.452 e. The standard InChI is InChI=1S/C26H22F3N3O2/c1-16-10-20-24(34-21-5-3-2-4-19(21)30-20)22(23(16)33)17-6-8-18(9-7-17)32-13-25(14-32)11-31(12-25)15-26(27,28)29/h2-10H,11-15H2,1H3. The van der Waals surface area contributed by atoms with Gasteiger partial charge in [-0.15, -0.1) is 0 Å². The maximum atomic E-state index is 13.1. The van der Waals surface area contributed by atoms with Crippen LogP contribution in [0.25, 0.3) is 33.7 Å². The summed E-state index contributed by atoms with van der Waals surface area (Å²) in [5, 5.41) is 0. The number of anilines is 1. The number of hydrogen-bond acceptors (Lipinski definition) is 5. The third kappa shape index (κ3) is 3.53. The van der Waals surface area contributed by atoms with E-state index in [0.717, 1.165) is 29.9 Å². The fourth-order valence-electron chi connectivity index (χ4n) is 5.34. The first-order chi connectivity index (χ1) is 16.2. The molecule has 0 bridgehead atoms. The summed E-state index contributed by atoms with van der Waals surface area (Å²) in [7, 11) is 0. The number of fused-ring (bicyclic) bond motifs is 2. The number of likely N-dealkylation sites (tertiary alicyclic amines) is 1. The molecular weight excluding hydrogens is 443 g/mol. The molecule has 0 unspecified atom stereocenters. The molecule has 3 aliphatic heterocycles. The summed E-state index contributed by atoms with van der Waals surface area (Å²) in [4.78, 5) is 21.4. The molecule has 1 aliphatic carbocycles. The van der Waals surface area contributed by atoms with Gasteiger partial charge in [-0.25, -0.2) is 4.98 Å². The van der Waals surface area contributed by atoms with Crippen molar-refractivity contribution in [2.24, 2.45) is 5.41 Å². The molecule has 0 atom stereocenters. The average Bonchev–Trinajstić information content (AvgIpc) is 2.74. The Labute approximate surface area is 193 Å². The molecule has 174 valence electrons. The van der Waals surface area contributed by atoms with Crippen molar-refractivity contribution in [2.45, 2.75) is 13.1 Å². The van der Waals surface area contributed by atoms with Gasteiger partial charge in [-0.2, -0.15) is 13.2 Å². The molecule has 0 N–H and O–H groups in total. The van der Waals surface area contributed by atoms with Crippen LogP contribution in [0, 0.1) is 12.3 Å². The maximum Gasteiger partial charge on any atom is 0.401 e. The predicted octanol–water partition coefficient (Wildman–Crippen LogP) is 4.95. The van der Waals surface area contributed by atoms with E-state index in [1.54, 1.807) is 13.0 Å². The third-order valence-electron chi connectivity index (χ3n) is 6.81. The summed E-state index contributed by atoms with van der Waals surface area (Å²) in [6.07, 6.45) is -4.14. The van der Waals surface area contributed by atoms with Crippen LogP contribution in [0.4, 0.5) is 18.9 Å². The lowest BCUT2D eigenvalue weighted by atomic mass is 9.72. The molecule has 4 aliphatic rings. The Morgan fingerprint density at radius 3 is 2.44 bits per heavy atom. The highest BCUT2D eigenvalue weighted by Gasteiger charge is 2.53. The van der Waals surface area contributed by atoms with Crippen molar-refractivity contribution >= 4 is 16.8 Å². The Hall–Kier alpha value is -3.39. The number of halogens is 3. The molecular formula is C26H22F3N3O2. The smallest absolute Gasteiger partial charge is 0.401 e. The monoisotopic (exact) mass is 465 g/mol. The van der Waals surface area contributed by atoms with Crippen molar-refractivity contribution in [2.75, 3.05) is 37.6 Å². The quantitative estimate of drug-likeness (QED) is 0.401. The van der Waals surface area contributed by atoms with Crippen molar-refractivity contribution in [1.82, 2.24) is 9.88 Å². The zero-order valence-electron chi connectivity index (χ0n) is 18.5.